The maximum Gasteiger partial charge on any atom is 0.433 e. The SMILES string of the molecule is CC(=O)NCC1CN(c2ccc(N3CCN(C(=S)c4coc([N+](=O)[O-])c4)CC3)c(F)c2)C(=O)O1. The van der Waals surface area contributed by atoms with E-state index in [-0.39, 0.29) is 24.9 Å². The molecule has 2 aromatic rings. The van der Waals surface area contributed by atoms with Crippen LogP contribution in [0.4, 0.5) is 26.4 Å². The summed E-state index contributed by atoms with van der Waals surface area (Å²) < 4.78 is 25.1. The number of amides is 2. The van der Waals surface area contributed by atoms with E-state index >= 15 is 0 Å². The summed E-state index contributed by atoms with van der Waals surface area (Å²) in [7, 11) is 0. The van der Waals surface area contributed by atoms with Crippen LogP contribution in [0.2, 0.25) is 0 Å². The fraction of sp³-hybridized carbons (Fsp3) is 0.381. The molecule has 180 valence electrons. The second kappa shape index (κ2) is 9.63. The zero-order valence-electron chi connectivity index (χ0n) is 18.2. The van der Waals surface area contributed by atoms with Gasteiger partial charge in [0, 0.05) is 33.1 Å². The quantitative estimate of drug-likeness (QED) is 0.368. The van der Waals surface area contributed by atoms with E-state index in [4.69, 9.17) is 21.4 Å². The molecule has 0 aliphatic carbocycles. The van der Waals surface area contributed by atoms with Crippen molar-refractivity contribution in [2.45, 2.75) is 13.0 Å². The van der Waals surface area contributed by atoms with Crippen LogP contribution in [-0.2, 0) is 9.53 Å². The predicted molar refractivity (Wildman–Crippen MR) is 124 cm³/mol. The Hall–Kier alpha value is -3.74. The predicted octanol–water partition coefficient (Wildman–Crippen LogP) is 2.29. The Morgan fingerprint density at radius 2 is 2.03 bits per heavy atom. The number of nitrogens with zero attached hydrogens (tertiary/aromatic N) is 4. The van der Waals surface area contributed by atoms with Gasteiger partial charge in [0.2, 0.25) is 5.91 Å². The smallest absolute Gasteiger partial charge is 0.433 e. The van der Waals surface area contributed by atoms with Crippen LogP contribution in [0.1, 0.15) is 12.5 Å². The summed E-state index contributed by atoms with van der Waals surface area (Å²) in [5, 5.41) is 13.4. The summed E-state index contributed by atoms with van der Waals surface area (Å²) in [5.41, 5.74) is 1.23. The molecular weight excluding hydrogens is 469 g/mol. The van der Waals surface area contributed by atoms with Crippen molar-refractivity contribution in [1.82, 2.24) is 10.2 Å². The molecule has 1 unspecified atom stereocenters. The molecule has 0 bridgehead atoms. The average Bonchev–Trinajstić information content (AvgIpc) is 3.44. The second-order valence-electron chi connectivity index (χ2n) is 7.90. The molecule has 2 fully saturated rings. The molecule has 34 heavy (non-hydrogen) atoms. The normalized spacial score (nSPS) is 18.1. The number of hydrogen-bond donors (Lipinski definition) is 1. The minimum atomic E-state index is -0.624. The Bertz CT molecular complexity index is 1130. The molecule has 4 rings (SSSR count). The number of carbonyl (C=O) groups excluding carboxylic acids is 2. The molecule has 3 heterocycles. The fourth-order valence-corrected chi connectivity index (χ4v) is 4.17. The third-order valence-electron chi connectivity index (χ3n) is 5.62. The molecule has 11 nitrogen and oxygen atoms in total. The summed E-state index contributed by atoms with van der Waals surface area (Å²) in [6.45, 7) is 3.75. The summed E-state index contributed by atoms with van der Waals surface area (Å²) >= 11 is 5.43. The molecule has 0 spiro atoms. The van der Waals surface area contributed by atoms with Crippen molar-refractivity contribution in [3.05, 3.63) is 52.0 Å². The van der Waals surface area contributed by atoms with E-state index < -0.39 is 22.9 Å². The zero-order chi connectivity index (χ0) is 24.4. The minimum absolute atomic E-state index is 0.191. The lowest BCUT2D eigenvalue weighted by molar-refractivity contribution is -0.402. The van der Waals surface area contributed by atoms with Gasteiger partial charge in [-0.2, -0.15) is 0 Å². The molecule has 2 amide bonds. The molecule has 0 saturated carbocycles. The van der Waals surface area contributed by atoms with Crippen LogP contribution < -0.4 is 15.1 Å². The van der Waals surface area contributed by atoms with E-state index in [1.165, 1.54) is 30.2 Å². The van der Waals surface area contributed by atoms with Crippen molar-refractivity contribution in [3.8, 4) is 0 Å². The number of carbonyl (C=O) groups is 2. The molecule has 1 atom stereocenters. The molecular formula is C21H22FN5O6S. The largest absolute Gasteiger partial charge is 0.442 e. The van der Waals surface area contributed by atoms with Gasteiger partial charge in [0.05, 0.1) is 36.1 Å². The number of rotatable bonds is 6. The first-order valence-corrected chi connectivity index (χ1v) is 10.9. The van der Waals surface area contributed by atoms with Gasteiger partial charge in [-0.25, -0.2) is 9.18 Å². The Labute approximate surface area is 199 Å². The van der Waals surface area contributed by atoms with E-state index in [0.717, 1.165) is 0 Å². The first-order valence-electron chi connectivity index (χ1n) is 10.5. The van der Waals surface area contributed by atoms with Crippen LogP contribution in [0.5, 0.6) is 0 Å². The summed E-state index contributed by atoms with van der Waals surface area (Å²) in [5.74, 6) is -1.07. The van der Waals surface area contributed by atoms with Gasteiger partial charge in [-0.05, 0) is 18.2 Å². The molecule has 2 aliphatic rings. The monoisotopic (exact) mass is 491 g/mol. The molecule has 13 heteroatoms. The van der Waals surface area contributed by atoms with Crippen LogP contribution in [0.15, 0.2) is 34.9 Å². The number of cyclic esters (lactones) is 1. The first kappa shape index (κ1) is 23.4. The maximum atomic E-state index is 15.0. The lowest BCUT2D eigenvalue weighted by Gasteiger charge is -2.37. The van der Waals surface area contributed by atoms with E-state index in [9.17, 15) is 24.1 Å². The molecule has 0 radical (unpaired) electrons. The van der Waals surface area contributed by atoms with Crippen LogP contribution >= 0.6 is 12.2 Å². The Morgan fingerprint density at radius 3 is 2.65 bits per heavy atom. The van der Waals surface area contributed by atoms with Gasteiger partial charge in [-0.3, -0.25) is 19.8 Å². The Balaban J connectivity index is 1.36. The minimum Gasteiger partial charge on any atom is -0.442 e. The highest BCUT2D eigenvalue weighted by Crippen LogP contribution is 2.29. The number of nitrogens with one attached hydrogen (secondary N) is 1. The maximum absolute atomic E-state index is 15.0. The van der Waals surface area contributed by atoms with E-state index in [1.807, 2.05) is 9.80 Å². The number of furan rings is 1. The van der Waals surface area contributed by atoms with Crippen molar-refractivity contribution >= 4 is 46.5 Å². The van der Waals surface area contributed by atoms with Crippen LogP contribution in [-0.4, -0.2) is 72.2 Å². The third kappa shape index (κ3) is 4.93. The number of hydrogen-bond acceptors (Lipinski definition) is 8. The van der Waals surface area contributed by atoms with Gasteiger partial charge in [-0.1, -0.05) is 12.2 Å². The first-order chi connectivity index (χ1) is 16.2. The van der Waals surface area contributed by atoms with E-state index in [0.29, 0.717) is 48.1 Å². The van der Waals surface area contributed by atoms with E-state index in [2.05, 4.69) is 5.32 Å². The standard InChI is InChI=1S/C21H22FN5O6S/c1-13(28)23-10-16-11-26(21(29)33-16)15-2-3-18(17(22)9-15)24-4-6-25(7-5-24)20(34)14-8-19(27(30)31)32-12-14/h2-3,8-9,12,16H,4-7,10-11H2,1H3,(H,23,28). The van der Waals surface area contributed by atoms with E-state index in [1.54, 1.807) is 12.1 Å². The number of thiocarbonyl (C=S) groups is 1. The molecule has 2 aliphatic heterocycles. The summed E-state index contributed by atoms with van der Waals surface area (Å²) in [4.78, 5) is 39.0. The highest BCUT2D eigenvalue weighted by atomic mass is 32.1. The van der Waals surface area contributed by atoms with Crippen LogP contribution in [0.25, 0.3) is 0 Å². The fourth-order valence-electron chi connectivity index (χ4n) is 3.88. The van der Waals surface area contributed by atoms with Crippen LogP contribution in [0.3, 0.4) is 0 Å². The average molecular weight is 492 g/mol. The lowest BCUT2D eigenvalue weighted by Crippen LogP contribution is -2.48. The number of benzene rings is 1. The zero-order valence-corrected chi connectivity index (χ0v) is 19.0. The van der Waals surface area contributed by atoms with Gasteiger partial charge in [-0.15, -0.1) is 0 Å². The molecule has 1 N–H and O–H groups in total. The number of halogens is 1. The molecule has 2 saturated heterocycles. The van der Waals surface area contributed by atoms with Gasteiger partial charge in [0.15, 0.2) is 0 Å². The Morgan fingerprint density at radius 1 is 1.29 bits per heavy atom. The highest BCUT2D eigenvalue weighted by molar-refractivity contribution is 7.80. The molecule has 1 aromatic heterocycles. The number of anilines is 2. The lowest BCUT2D eigenvalue weighted by atomic mass is 10.2. The van der Waals surface area contributed by atoms with Crippen molar-refractivity contribution in [2.24, 2.45) is 0 Å². The van der Waals surface area contributed by atoms with Gasteiger partial charge < -0.3 is 24.3 Å². The third-order valence-corrected chi connectivity index (χ3v) is 6.11. The van der Waals surface area contributed by atoms with Crippen molar-refractivity contribution in [1.29, 1.82) is 0 Å². The highest BCUT2D eigenvalue weighted by Gasteiger charge is 2.33. The van der Waals surface area contributed by atoms with Crippen molar-refractivity contribution < 1.29 is 28.1 Å². The number of ether oxygens (including phenoxy) is 1. The second-order valence-corrected chi connectivity index (χ2v) is 8.29. The number of nitro groups is 1. The van der Waals surface area contributed by atoms with Gasteiger partial charge in [0.25, 0.3) is 0 Å². The summed E-state index contributed by atoms with van der Waals surface area (Å²) in [6, 6.07) is 5.85. The topological polar surface area (TPSA) is 121 Å². The van der Waals surface area contributed by atoms with Crippen LogP contribution in [0, 0.1) is 15.9 Å². The number of piperazine rings is 1. The van der Waals surface area contributed by atoms with Crippen molar-refractivity contribution in [3.63, 3.8) is 0 Å². The van der Waals surface area contributed by atoms with Gasteiger partial charge in [0.1, 0.15) is 28.1 Å². The summed E-state index contributed by atoms with van der Waals surface area (Å²) in [6.07, 6.45) is 0.159. The van der Waals surface area contributed by atoms with Gasteiger partial charge >= 0.3 is 12.0 Å². The molecule has 1 aromatic carbocycles. The Kier molecular flexibility index (Phi) is 6.63. The van der Waals surface area contributed by atoms with Crippen molar-refractivity contribution in [2.75, 3.05) is 49.1 Å².